The molecule has 5 aromatic rings. The summed E-state index contributed by atoms with van der Waals surface area (Å²) < 4.78 is 12.3. The van der Waals surface area contributed by atoms with Crippen molar-refractivity contribution in [2.24, 2.45) is 0 Å². The van der Waals surface area contributed by atoms with E-state index in [0.717, 1.165) is 10.9 Å². The number of aromatic nitrogens is 3. The summed E-state index contributed by atoms with van der Waals surface area (Å²) in [6.07, 6.45) is 0. The van der Waals surface area contributed by atoms with Crippen LogP contribution in [0.1, 0.15) is 51.4 Å². The molecule has 0 fully saturated rings. The molecule has 6 rings (SSSR count). The summed E-state index contributed by atoms with van der Waals surface area (Å²) in [7, 11) is 0. The van der Waals surface area contributed by atoms with Crippen molar-refractivity contribution in [3.8, 4) is 11.5 Å². The summed E-state index contributed by atoms with van der Waals surface area (Å²) >= 11 is 3.97. The first-order valence-corrected chi connectivity index (χ1v) is 17.0. The van der Waals surface area contributed by atoms with E-state index in [0.29, 0.717) is 55.9 Å². The number of Topliss-reactive ketones (excluding diaryl/α,β-unsaturated/α-hetero) is 1. The topological polar surface area (TPSA) is 115 Å². The number of ether oxygens (including phenoxy) is 2. The number of carbonyl (C=O) groups is 2. The summed E-state index contributed by atoms with van der Waals surface area (Å²) in [4.78, 5) is 33.9. The highest BCUT2D eigenvalue weighted by molar-refractivity contribution is 8.00. The van der Waals surface area contributed by atoms with Crippen LogP contribution >= 0.6 is 34.4 Å². The number of ketones is 1. The van der Waals surface area contributed by atoms with Crippen molar-refractivity contribution in [3.63, 3.8) is 0 Å². The summed E-state index contributed by atoms with van der Waals surface area (Å²) in [5.41, 5.74) is 2.21. The number of amides is 1. The van der Waals surface area contributed by atoms with Gasteiger partial charge in [-0.3, -0.25) is 14.5 Å². The molecule has 1 amide bonds. The number of nitrogens with zero attached hydrogens (tertiary/aromatic N) is 4. The van der Waals surface area contributed by atoms with Gasteiger partial charge in [-0.05, 0) is 61.7 Å². The van der Waals surface area contributed by atoms with Crippen molar-refractivity contribution >= 4 is 62.0 Å². The number of hydrogen-bond acceptors (Lipinski definition) is 11. The van der Waals surface area contributed by atoms with Crippen LogP contribution in [0.15, 0.2) is 76.3 Å². The van der Waals surface area contributed by atoms with Crippen LogP contribution in [0.3, 0.4) is 0 Å². The Labute approximate surface area is 272 Å². The van der Waals surface area contributed by atoms with Gasteiger partial charge in [-0.1, -0.05) is 71.6 Å². The Morgan fingerprint density at radius 2 is 1.73 bits per heavy atom. The molecule has 0 bridgehead atoms. The molecule has 0 saturated carbocycles. The van der Waals surface area contributed by atoms with E-state index in [9.17, 15) is 14.7 Å². The minimum Gasteiger partial charge on any atom is -0.503 e. The van der Waals surface area contributed by atoms with E-state index in [1.54, 1.807) is 25.1 Å². The van der Waals surface area contributed by atoms with E-state index in [1.807, 2.05) is 39.0 Å². The highest BCUT2D eigenvalue weighted by Crippen LogP contribution is 2.46. The number of carbonyl (C=O) groups excluding carboxylic acids is 2. The Hall–Kier alpha value is -4.26. The van der Waals surface area contributed by atoms with Crippen LogP contribution in [0.25, 0.3) is 10.8 Å². The molecule has 0 saturated heterocycles. The Kier molecular flexibility index (Phi) is 8.88. The first-order chi connectivity index (χ1) is 21.8. The average molecular weight is 659 g/mol. The molecule has 12 heteroatoms. The Balaban J connectivity index is 1.38. The molecule has 45 heavy (non-hydrogen) atoms. The van der Waals surface area contributed by atoms with Crippen molar-refractivity contribution in [1.82, 2.24) is 15.2 Å². The molecule has 1 atom stereocenters. The lowest BCUT2D eigenvalue weighted by Crippen LogP contribution is -2.31. The minimum absolute atomic E-state index is 0.0430. The third kappa shape index (κ3) is 5.92. The number of thiazole rings is 1. The molecule has 2 aromatic heterocycles. The maximum Gasteiger partial charge on any atom is 0.296 e. The van der Waals surface area contributed by atoms with Gasteiger partial charge in [0.05, 0.1) is 40.4 Å². The van der Waals surface area contributed by atoms with Gasteiger partial charge in [0.1, 0.15) is 0 Å². The molecule has 9 nitrogen and oxygen atoms in total. The van der Waals surface area contributed by atoms with Crippen molar-refractivity contribution < 1.29 is 24.2 Å². The van der Waals surface area contributed by atoms with Gasteiger partial charge in [-0.2, -0.15) is 0 Å². The van der Waals surface area contributed by atoms with Gasteiger partial charge in [-0.25, -0.2) is 4.98 Å². The van der Waals surface area contributed by atoms with Crippen LogP contribution in [0.4, 0.5) is 5.13 Å². The first kappa shape index (κ1) is 30.8. The highest BCUT2D eigenvalue weighted by atomic mass is 32.2. The lowest BCUT2D eigenvalue weighted by molar-refractivity contribution is -0.117. The quantitative estimate of drug-likeness (QED) is 0.0869. The molecular formula is C33H30N4O5S3. The predicted molar refractivity (Wildman–Crippen MR) is 178 cm³/mol. The molecular weight excluding hydrogens is 629 g/mol. The normalized spacial score (nSPS) is 14.9. The third-order valence-corrected chi connectivity index (χ3v) is 10.5. The molecule has 0 radical (unpaired) electrons. The van der Waals surface area contributed by atoms with Gasteiger partial charge in [0.15, 0.2) is 21.6 Å². The molecule has 0 spiro atoms. The number of fused-ring (bicyclic) bond motifs is 1. The summed E-state index contributed by atoms with van der Waals surface area (Å²) in [6, 6.07) is 18.7. The van der Waals surface area contributed by atoms with Gasteiger partial charge in [0.2, 0.25) is 10.9 Å². The average Bonchev–Trinajstić information content (AvgIpc) is 3.72. The molecule has 1 N–H and O–H groups in total. The number of anilines is 1. The van der Waals surface area contributed by atoms with Gasteiger partial charge >= 0.3 is 0 Å². The van der Waals surface area contributed by atoms with E-state index in [-0.39, 0.29) is 10.7 Å². The molecule has 1 unspecified atom stereocenters. The standard InChI is InChI=1S/C33H30N4O5S3/c1-5-41-24-15-14-21(16-25(24)42-6-2)27-26(28(38)30-18(3)34-19(4)44-30)29(39)31(40)37(27)32-35-36-33(45-32)43-17-22-12-9-11-20-10-7-8-13-23(20)22/h7-16,27,39H,5-6,17H2,1-4H3. The molecule has 230 valence electrons. The lowest BCUT2D eigenvalue weighted by atomic mass is 9.95. The summed E-state index contributed by atoms with van der Waals surface area (Å²) in [6.45, 7) is 8.12. The van der Waals surface area contributed by atoms with Gasteiger partial charge in [-0.15, -0.1) is 21.5 Å². The van der Waals surface area contributed by atoms with E-state index >= 15 is 0 Å². The van der Waals surface area contributed by atoms with Crippen molar-refractivity contribution in [3.05, 3.63) is 98.7 Å². The Morgan fingerprint density at radius 1 is 0.978 bits per heavy atom. The van der Waals surface area contributed by atoms with Crippen molar-refractivity contribution in [2.45, 2.75) is 43.8 Å². The number of rotatable bonds is 11. The fourth-order valence-electron chi connectivity index (χ4n) is 5.37. The van der Waals surface area contributed by atoms with Crippen molar-refractivity contribution in [1.29, 1.82) is 0 Å². The van der Waals surface area contributed by atoms with Crippen LogP contribution in [-0.2, 0) is 10.5 Å². The number of hydrogen-bond donors (Lipinski definition) is 1. The third-order valence-electron chi connectivity index (χ3n) is 7.28. The molecule has 1 aliphatic heterocycles. The maximum absolute atomic E-state index is 14.0. The zero-order valence-electron chi connectivity index (χ0n) is 25.1. The van der Waals surface area contributed by atoms with Crippen LogP contribution < -0.4 is 14.4 Å². The SMILES string of the molecule is CCOc1ccc(C2C(C(=O)c3sc(C)nc3C)=C(O)C(=O)N2c2nnc(SCc3cccc4ccccc34)s2)cc1OCC. The maximum atomic E-state index is 14.0. The number of aliphatic hydroxyl groups is 1. The Bertz CT molecular complexity index is 1940. The highest BCUT2D eigenvalue weighted by Gasteiger charge is 2.47. The van der Waals surface area contributed by atoms with E-state index in [1.165, 1.54) is 44.7 Å². The molecule has 3 heterocycles. The second kappa shape index (κ2) is 13.0. The largest absolute Gasteiger partial charge is 0.503 e. The molecule has 1 aliphatic rings. The van der Waals surface area contributed by atoms with Gasteiger partial charge in [0.25, 0.3) is 5.91 Å². The number of aryl methyl sites for hydroxylation is 2. The Morgan fingerprint density at radius 3 is 2.49 bits per heavy atom. The monoisotopic (exact) mass is 658 g/mol. The fraction of sp³-hybridized carbons (Fsp3) is 0.242. The summed E-state index contributed by atoms with van der Waals surface area (Å²) in [5.74, 6) is -0.147. The molecule has 0 aliphatic carbocycles. The number of aliphatic hydroxyl groups excluding tert-OH is 1. The second-order valence-electron chi connectivity index (χ2n) is 10.2. The summed E-state index contributed by atoms with van der Waals surface area (Å²) in [5, 5.41) is 23.3. The van der Waals surface area contributed by atoms with E-state index in [2.05, 4.69) is 39.4 Å². The zero-order chi connectivity index (χ0) is 31.7. The van der Waals surface area contributed by atoms with Gasteiger partial charge in [0, 0.05) is 5.75 Å². The van der Waals surface area contributed by atoms with Gasteiger partial charge < -0.3 is 14.6 Å². The fourth-order valence-corrected chi connectivity index (χ4v) is 8.11. The smallest absolute Gasteiger partial charge is 0.296 e. The second-order valence-corrected chi connectivity index (χ2v) is 13.5. The molecule has 3 aromatic carbocycles. The number of benzene rings is 3. The van der Waals surface area contributed by atoms with E-state index < -0.39 is 23.5 Å². The first-order valence-electron chi connectivity index (χ1n) is 14.4. The zero-order valence-corrected chi connectivity index (χ0v) is 27.5. The lowest BCUT2D eigenvalue weighted by Gasteiger charge is -2.25. The van der Waals surface area contributed by atoms with Crippen LogP contribution in [0.2, 0.25) is 0 Å². The van der Waals surface area contributed by atoms with Crippen LogP contribution in [-0.4, -0.2) is 45.2 Å². The predicted octanol–water partition coefficient (Wildman–Crippen LogP) is 7.64. The minimum atomic E-state index is -0.981. The number of thioether (sulfide) groups is 1. The van der Waals surface area contributed by atoms with Crippen LogP contribution in [0, 0.1) is 13.8 Å². The van der Waals surface area contributed by atoms with Crippen molar-refractivity contribution in [2.75, 3.05) is 18.1 Å². The van der Waals surface area contributed by atoms with Crippen LogP contribution in [0.5, 0.6) is 11.5 Å². The van der Waals surface area contributed by atoms with E-state index in [4.69, 9.17) is 9.47 Å².